The van der Waals surface area contributed by atoms with Crippen molar-refractivity contribution in [3.05, 3.63) is 0 Å². The third-order valence-corrected chi connectivity index (χ3v) is 3.98. The lowest BCUT2D eigenvalue weighted by atomic mass is 10.1. The van der Waals surface area contributed by atoms with Crippen molar-refractivity contribution < 1.29 is 4.74 Å². The monoisotopic (exact) mass is 232 g/mol. The zero-order valence-corrected chi connectivity index (χ0v) is 10.8. The molecule has 90 valence electrons. The topological polar surface area (TPSA) is 24.5 Å². The van der Waals surface area contributed by atoms with Crippen LogP contribution < -0.4 is 5.32 Å². The van der Waals surface area contributed by atoms with E-state index in [-0.39, 0.29) is 0 Å². The highest BCUT2D eigenvalue weighted by molar-refractivity contribution is 7.99. The lowest BCUT2D eigenvalue weighted by molar-refractivity contribution is 0.197. The lowest BCUT2D eigenvalue weighted by Gasteiger charge is -2.20. The predicted octanol–water partition coefficient (Wildman–Crippen LogP) is 0.907. The number of ether oxygens (including phenoxy) is 1. The first-order chi connectivity index (χ1) is 7.33. The molecule has 1 rings (SSSR count). The molecular weight excluding hydrogens is 208 g/mol. The summed E-state index contributed by atoms with van der Waals surface area (Å²) in [6.45, 7) is 5.25. The van der Waals surface area contributed by atoms with Crippen LogP contribution >= 0.6 is 11.8 Å². The van der Waals surface area contributed by atoms with E-state index in [1.807, 2.05) is 0 Å². The number of methoxy groups -OCH3 is 1. The van der Waals surface area contributed by atoms with Crippen LogP contribution in [0.2, 0.25) is 0 Å². The van der Waals surface area contributed by atoms with Crippen molar-refractivity contribution in [2.24, 2.45) is 5.92 Å². The van der Waals surface area contributed by atoms with Crippen LogP contribution in [0.4, 0.5) is 0 Å². The molecule has 1 heterocycles. The predicted molar refractivity (Wildman–Crippen MR) is 67.7 cm³/mol. The van der Waals surface area contributed by atoms with Gasteiger partial charge in [-0.2, -0.15) is 11.8 Å². The van der Waals surface area contributed by atoms with Crippen LogP contribution in [-0.2, 0) is 4.74 Å². The number of thioether (sulfide) groups is 1. The summed E-state index contributed by atoms with van der Waals surface area (Å²) in [4.78, 5) is 2.44. The molecule has 0 aromatic carbocycles. The van der Waals surface area contributed by atoms with Gasteiger partial charge in [-0.25, -0.2) is 0 Å². The normalized spacial score (nSPS) is 21.4. The molecule has 0 aromatic heterocycles. The highest BCUT2D eigenvalue weighted by Crippen LogP contribution is 2.23. The van der Waals surface area contributed by atoms with Gasteiger partial charge < -0.3 is 15.0 Å². The van der Waals surface area contributed by atoms with Crippen molar-refractivity contribution in [2.75, 3.05) is 58.4 Å². The van der Waals surface area contributed by atoms with Gasteiger partial charge in [0.25, 0.3) is 0 Å². The van der Waals surface area contributed by atoms with Gasteiger partial charge in [-0.3, -0.25) is 0 Å². The van der Waals surface area contributed by atoms with E-state index >= 15 is 0 Å². The summed E-state index contributed by atoms with van der Waals surface area (Å²) in [7, 11) is 3.96. The zero-order valence-electron chi connectivity index (χ0n) is 10.00. The SMILES string of the molecule is COCCNCCN(C)CC1CCSC1. The second-order valence-corrected chi connectivity index (χ2v) is 5.38. The van der Waals surface area contributed by atoms with Crippen LogP contribution in [0.3, 0.4) is 0 Å². The van der Waals surface area contributed by atoms with E-state index in [1.54, 1.807) is 7.11 Å². The molecule has 0 saturated carbocycles. The number of rotatable bonds is 8. The van der Waals surface area contributed by atoms with Gasteiger partial charge in [0.15, 0.2) is 0 Å². The van der Waals surface area contributed by atoms with Gasteiger partial charge in [0.05, 0.1) is 6.61 Å². The number of hydrogen-bond acceptors (Lipinski definition) is 4. The second kappa shape index (κ2) is 8.39. The van der Waals surface area contributed by atoms with Crippen molar-refractivity contribution >= 4 is 11.8 Å². The summed E-state index contributed by atoms with van der Waals surface area (Å²) in [6, 6.07) is 0. The Kier molecular flexibility index (Phi) is 7.44. The van der Waals surface area contributed by atoms with Gasteiger partial charge in [0.2, 0.25) is 0 Å². The molecule has 0 spiro atoms. The van der Waals surface area contributed by atoms with E-state index < -0.39 is 0 Å². The highest BCUT2D eigenvalue weighted by Gasteiger charge is 2.16. The molecule has 0 aromatic rings. The number of hydrogen-bond donors (Lipinski definition) is 1. The van der Waals surface area contributed by atoms with E-state index in [4.69, 9.17) is 4.74 Å². The van der Waals surface area contributed by atoms with Crippen molar-refractivity contribution in [3.8, 4) is 0 Å². The van der Waals surface area contributed by atoms with Crippen LogP contribution in [0, 0.1) is 5.92 Å². The fraction of sp³-hybridized carbons (Fsp3) is 1.00. The van der Waals surface area contributed by atoms with Crippen LogP contribution in [-0.4, -0.2) is 63.3 Å². The quantitative estimate of drug-likeness (QED) is 0.629. The second-order valence-electron chi connectivity index (χ2n) is 4.23. The number of nitrogens with one attached hydrogen (secondary N) is 1. The molecule has 0 radical (unpaired) electrons. The maximum atomic E-state index is 4.98. The van der Waals surface area contributed by atoms with E-state index in [0.29, 0.717) is 0 Å². The first kappa shape index (κ1) is 13.3. The average Bonchev–Trinajstić information content (AvgIpc) is 2.70. The Morgan fingerprint density at radius 2 is 2.33 bits per heavy atom. The molecule has 3 nitrogen and oxygen atoms in total. The molecule has 1 atom stereocenters. The Labute approximate surface area is 97.9 Å². The third kappa shape index (κ3) is 6.40. The largest absolute Gasteiger partial charge is 0.383 e. The summed E-state index contributed by atoms with van der Waals surface area (Å²) in [5, 5.41) is 3.37. The molecular formula is C11H24N2OS. The molecule has 1 fully saturated rings. The van der Waals surface area contributed by atoms with Gasteiger partial charge in [-0.15, -0.1) is 0 Å². The van der Waals surface area contributed by atoms with Crippen molar-refractivity contribution in [1.82, 2.24) is 10.2 Å². The highest BCUT2D eigenvalue weighted by atomic mass is 32.2. The fourth-order valence-corrected chi connectivity index (χ4v) is 3.10. The Morgan fingerprint density at radius 1 is 1.47 bits per heavy atom. The van der Waals surface area contributed by atoms with Crippen molar-refractivity contribution in [1.29, 1.82) is 0 Å². The van der Waals surface area contributed by atoms with E-state index in [9.17, 15) is 0 Å². The first-order valence-corrected chi connectivity index (χ1v) is 6.94. The Morgan fingerprint density at radius 3 is 3.00 bits per heavy atom. The smallest absolute Gasteiger partial charge is 0.0587 e. The average molecular weight is 232 g/mol. The van der Waals surface area contributed by atoms with Crippen LogP contribution in [0.5, 0.6) is 0 Å². The summed E-state index contributed by atoms with van der Waals surface area (Å²) < 4.78 is 4.98. The van der Waals surface area contributed by atoms with Crippen LogP contribution in [0.1, 0.15) is 6.42 Å². The van der Waals surface area contributed by atoms with Gasteiger partial charge in [0.1, 0.15) is 0 Å². The molecule has 1 aliphatic rings. The molecule has 1 aliphatic heterocycles. The minimum atomic E-state index is 0.809. The molecule has 15 heavy (non-hydrogen) atoms. The molecule has 1 saturated heterocycles. The first-order valence-electron chi connectivity index (χ1n) is 5.79. The number of likely N-dealkylation sites (N-methyl/N-ethyl adjacent to an activating group) is 1. The Balaban J connectivity index is 1.91. The van der Waals surface area contributed by atoms with Crippen molar-refractivity contribution in [2.45, 2.75) is 6.42 Å². The van der Waals surface area contributed by atoms with E-state index in [1.165, 1.54) is 24.5 Å². The summed E-state index contributed by atoms with van der Waals surface area (Å²) in [5.74, 6) is 3.66. The van der Waals surface area contributed by atoms with Gasteiger partial charge in [-0.05, 0) is 30.9 Å². The van der Waals surface area contributed by atoms with Gasteiger partial charge >= 0.3 is 0 Å². The third-order valence-electron chi connectivity index (χ3n) is 2.75. The summed E-state index contributed by atoms with van der Waals surface area (Å²) in [5.41, 5.74) is 0. The van der Waals surface area contributed by atoms with Crippen LogP contribution in [0.25, 0.3) is 0 Å². The Hall–Kier alpha value is 0.230. The maximum Gasteiger partial charge on any atom is 0.0587 e. The standard InChI is InChI=1S/C11H24N2OS/c1-13(6-4-12-5-7-14-2)9-11-3-8-15-10-11/h11-12H,3-10H2,1-2H3. The maximum absolute atomic E-state index is 4.98. The Bertz CT molecular complexity index is 152. The molecule has 1 N–H and O–H groups in total. The minimum absolute atomic E-state index is 0.809. The van der Waals surface area contributed by atoms with Crippen molar-refractivity contribution in [3.63, 3.8) is 0 Å². The molecule has 1 unspecified atom stereocenters. The molecule has 0 aliphatic carbocycles. The van der Waals surface area contributed by atoms with Gasteiger partial charge in [-0.1, -0.05) is 0 Å². The minimum Gasteiger partial charge on any atom is -0.383 e. The van der Waals surface area contributed by atoms with E-state index in [0.717, 1.165) is 32.2 Å². The molecule has 4 heteroatoms. The number of nitrogens with zero attached hydrogens (tertiary/aromatic N) is 1. The fourth-order valence-electron chi connectivity index (χ4n) is 1.83. The summed E-state index contributed by atoms with van der Waals surface area (Å²) in [6.07, 6.45) is 1.41. The molecule has 0 bridgehead atoms. The van der Waals surface area contributed by atoms with Crippen LogP contribution in [0.15, 0.2) is 0 Å². The lowest BCUT2D eigenvalue weighted by Crippen LogP contribution is -2.33. The van der Waals surface area contributed by atoms with E-state index in [2.05, 4.69) is 29.0 Å². The summed E-state index contributed by atoms with van der Waals surface area (Å²) >= 11 is 2.10. The molecule has 0 amide bonds. The zero-order chi connectivity index (χ0) is 10.9. The van der Waals surface area contributed by atoms with Gasteiger partial charge in [0, 0.05) is 33.3 Å².